The van der Waals surface area contributed by atoms with Crippen LogP contribution in [0.1, 0.15) is 55.6 Å². The quantitative estimate of drug-likeness (QED) is 0.770. The Morgan fingerprint density at radius 3 is 2.72 bits per heavy atom. The number of aromatic nitrogens is 2. The zero-order valence-corrected chi connectivity index (χ0v) is 17.0. The topological polar surface area (TPSA) is 84.1 Å². The number of piperidine rings is 1. The third-order valence-electron chi connectivity index (χ3n) is 6.09. The molecule has 1 fully saturated rings. The number of fused-ring (bicyclic) bond motifs is 1. The summed E-state index contributed by atoms with van der Waals surface area (Å²) >= 11 is 6.28. The Hall–Kier alpha value is -2.60. The number of carbonyl (C=O) groups excluding carboxylic acids is 1. The minimum absolute atomic E-state index is 0.161. The largest absolute Gasteiger partial charge is 0.383 e. The van der Waals surface area contributed by atoms with Crippen molar-refractivity contribution in [2.45, 2.75) is 44.4 Å². The summed E-state index contributed by atoms with van der Waals surface area (Å²) in [6.07, 6.45) is 5.76. The van der Waals surface area contributed by atoms with E-state index in [0.29, 0.717) is 23.2 Å². The molecule has 1 aromatic carbocycles. The maximum atomic E-state index is 12.9. The number of anilines is 3. The number of allylic oxidation sites excluding steroid dienone is 2. The number of ketones is 1. The number of halogens is 1. The number of benzene rings is 1. The van der Waals surface area contributed by atoms with Crippen LogP contribution in [-0.2, 0) is 4.79 Å². The van der Waals surface area contributed by atoms with Gasteiger partial charge in [0.2, 0.25) is 5.95 Å². The average Bonchev–Trinajstić information content (AvgIpc) is 2.73. The smallest absolute Gasteiger partial charge is 0.229 e. The number of carbonyl (C=O) groups is 1. The molecule has 0 saturated carbocycles. The summed E-state index contributed by atoms with van der Waals surface area (Å²) < 4.78 is 0. The Morgan fingerprint density at radius 1 is 1.10 bits per heavy atom. The zero-order chi connectivity index (χ0) is 20.0. The summed E-state index contributed by atoms with van der Waals surface area (Å²) in [5.74, 6) is 1.69. The maximum absolute atomic E-state index is 12.9. The fourth-order valence-corrected chi connectivity index (χ4v) is 4.92. The van der Waals surface area contributed by atoms with E-state index in [9.17, 15) is 4.79 Å². The van der Waals surface area contributed by atoms with Crippen molar-refractivity contribution in [2.24, 2.45) is 0 Å². The number of nitrogens with two attached hydrogens (primary N) is 1. The van der Waals surface area contributed by atoms with Gasteiger partial charge in [-0.1, -0.05) is 23.7 Å². The summed E-state index contributed by atoms with van der Waals surface area (Å²) in [7, 11) is 0. The van der Waals surface area contributed by atoms with Gasteiger partial charge in [0.25, 0.3) is 0 Å². The van der Waals surface area contributed by atoms with E-state index in [4.69, 9.17) is 22.3 Å². The number of hydrogen-bond donors (Lipinski definition) is 2. The predicted octanol–water partition coefficient (Wildman–Crippen LogP) is 4.27. The lowest BCUT2D eigenvalue weighted by atomic mass is 9.76. The van der Waals surface area contributed by atoms with E-state index in [0.717, 1.165) is 67.0 Å². The number of hydrogen-bond acceptors (Lipinski definition) is 6. The van der Waals surface area contributed by atoms with Gasteiger partial charge in [0, 0.05) is 47.3 Å². The Labute approximate surface area is 175 Å². The normalized spacial score (nSPS) is 21.5. The second-order valence-corrected chi connectivity index (χ2v) is 8.44. The van der Waals surface area contributed by atoms with Gasteiger partial charge in [0.05, 0.1) is 0 Å². The monoisotopic (exact) mass is 409 g/mol. The van der Waals surface area contributed by atoms with Crippen molar-refractivity contribution in [3.63, 3.8) is 0 Å². The standard InChI is InChI=1S/C22H24ClN5O/c23-14-7-4-6-13(12-14)17-18-15(8-5-9-16(18)29)25-21-19(17)20(24)26-22(27-21)28-10-2-1-3-11-28/h4,6-7,12,17H,1-3,5,8-11H2,(H3,24,25,26,27)/t17-/m1/s1. The van der Waals surface area contributed by atoms with Crippen LogP contribution in [0.3, 0.4) is 0 Å². The van der Waals surface area contributed by atoms with Crippen LogP contribution in [0.5, 0.6) is 0 Å². The molecular formula is C22H24ClN5O. The SMILES string of the molecule is Nc1nc(N2CCCCC2)nc2c1[C@H](c1cccc(Cl)c1)C1=C(CCCC1=O)N2. The van der Waals surface area contributed by atoms with Crippen molar-refractivity contribution in [3.05, 3.63) is 51.7 Å². The van der Waals surface area contributed by atoms with Crippen LogP contribution in [0.25, 0.3) is 0 Å². The molecule has 1 atom stereocenters. The third kappa shape index (κ3) is 3.25. The van der Waals surface area contributed by atoms with E-state index in [1.165, 1.54) is 6.42 Å². The highest BCUT2D eigenvalue weighted by Gasteiger charge is 2.38. The summed E-state index contributed by atoms with van der Waals surface area (Å²) in [5, 5.41) is 4.07. The Balaban J connectivity index is 1.67. The molecule has 3 heterocycles. The molecule has 2 aliphatic heterocycles. The molecule has 29 heavy (non-hydrogen) atoms. The number of Topliss-reactive ketones (excluding diaryl/α,β-unsaturated/α-hetero) is 1. The number of rotatable bonds is 2. The van der Waals surface area contributed by atoms with Crippen molar-refractivity contribution >= 4 is 35.0 Å². The molecule has 0 unspecified atom stereocenters. The minimum atomic E-state index is -0.289. The Morgan fingerprint density at radius 2 is 1.93 bits per heavy atom. The van der Waals surface area contributed by atoms with Gasteiger partial charge >= 0.3 is 0 Å². The van der Waals surface area contributed by atoms with Crippen LogP contribution in [0.15, 0.2) is 35.5 Å². The lowest BCUT2D eigenvalue weighted by Crippen LogP contribution is -2.33. The zero-order valence-electron chi connectivity index (χ0n) is 16.2. The molecule has 150 valence electrons. The van der Waals surface area contributed by atoms with E-state index < -0.39 is 0 Å². The first-order valence-electron chi connectivity index (χ1n) is 10.3. The van der Waals surface area contributed by atoms with Crippen LogP contribution in [0, 0.1) is 0 Å². The molecule has 0 radical (unpaired) electrons. The Bertz CT molecular complexity index is 1010. The van der Waals surface area contributed by atoms with Crippen LogP contribution >= 0.6 is 11.6 Å². The van der Waals surface area contributed by atoms with Crippen LogP contribution in [0.2, 0.25) is 5.02 Å². The molecule has 0 bridgehead atoms. The van der Waals surface area contributed by atoms with Gasteiger partial charge in [-0.15, -0.1) is 0 Å². The van der Waals surface area contributed by atoms with Gasteiger partial charge in [-0.25, -0.2) is 0 Å². The summed E-state index contributed by atoms with van der Waals surface area (Å²) in [6.45, 7) is 1.89. The highest BCUT2D eigenvalue weighted by atomic mass is 35.5. The molecule has 2 aromatic rings. The fraction of sp³-hybridized carbons (Fsp3) is 0.409. The molecule has 1 aromatic heterocycles. The molecule has 1 aliphatic carbocycles. The van der Waals surface area contributed by atoms with Crippen molar-refractivity contribution in [2.75, 3.05) is 29.0 Å². The molecule has 6 nitrogen and oxygen atoms in total. The fourth-order valence-electron chi connectivity index (χ4n) is 4.72. The summed E-state index contributed by atoms with van der Waals surface area (Å²) in [6, 6.07) is 7.65. The minimum Gasteiger partial charge on any atom is -0.383 e. The highest BCUT2D eigenvalue weighted by Crippen LogP contribution is 2.47. The first kappa shape index (κ1) is 18.4. The van der Waals surface area contributed by atoms with Crippen LogP contribution < -0.4 is 16.0 Å². The van der Waals surface area contributed by atoms with Gasteiger partial charge in [0.15, 0.2) is 5.78 Å². The van der Waals surface area contributed by atoms with Crippen molar-refractivity contribution < 1.29 is 4.79 Å². The second kappa shape index (κ2) is 7.34. The number of nitrogens with zero attached hydrogens (tertiary/aromatic N) is 3. The highest BCUT2D eigenvalue weighted by molar-refractivity contribution is 6.30. The molecular weight excluding hydrogens is 386 g/mol. The number of nitrogens with one attached hydrogen (secondary N) is 1. The summed E-state index contributed by atoms with van der Waals surface area (Å²) in [4.78, 5) is 24.6. The van der Waals surface area contributed by atoms with Crippen molar-refractivity contribution in [1.82, 2.24) is 9.97 Å². The molecule has 0 spiro atoms. The molecule has 7 heteroatoms. The van der Waals surface area contributed by atoms with Gasteiger partial charge < -0.3 is 16.0 Å². The average molecular weight is 410 g/mol. The number of nitrogen functional groups attached to an aromatic ring is 1. The van der Waals surface area contributed by atoms with E-state index >= 15 is 0 Å². The van der Waals surface area contributed by atoms with E-state index in [1.807, 2.05) is 24.3 Å². The van der Waals surface area contributed by atoms with E-state index in [-0.39, 0.29) is 11.7 Å². The molecule has 5 rings (SSSR count). The second-order valence-electron chi connectivity index (χ2n) is 8.00. The molecule has 0 amide bonds. The first-order valence-corrected chi connectivity index (χ1v) is 10.7. The van der Waals surface area contributed by atoms with Crippen LogP contribution in [-0.4, -0.2) is 28.8 Å². The van der Waals surface area contributed by atoms with Gasteiger partial charge in [0.1, 0.15) is 11.6 Å². The van der Waals surface area contributed by atoms with Gasteiger partial charge in [-0.05, 0) is 49.8 Å². The van der Waals surface area contributed by atoms with Gasteiger partial charge in [-0.2, -0.15) is 9.97 Å². The predicted molar refractivity (Wildman–Crippen MR) is 115 cm³/mol. The lowest BCUT2D eigenvalue weighted by molar-refractivity contribution is -0.116. The molecule has 3 aliphatic rings. The van der Waals surface area contributed by atoms with Crippen molar-refractivity contribution in [1.29, 1.82) is 0 Å². The molecule has 3 N–H and O–H groups in total. The molecule has 1 saturated heterocycles. The van der Waals surface area contributed by atoms with E-state index in [2.05, 4.69) is 15.2 Å². The third-order valence-corrected chi connectivity index (χ3v) is 6.32. The lowest BCUT2D eigenvalue weighted by Gasteiger charge is -2.35. The maximum Gasteiger partial charge on any atom is 0.229 e. The van der Waals surface area contributed by atoms with Gasteiger partial charge in [-0.3, -0.25) is 4.79 Å². The van der Waals surface area contributed by atoms with Crippen molar-refractivity contribution in [3.8, 4) is 0 Å². The first-order chi connectivity index (χ1) is 14.1. The van der Waals surface area contributed by atoms with Crippen LogP contribution in [0.4, 0.5) is 17.6 Å². The Kier molecular flexibility index (Phi) is 4.66. The van der Waals surface area contributed by atoms with E-state index in [1.54, 1.807) is 0 Å². The summed E-state index contributed by atoms with van der Waals surface area (Å²) in [5.41, 5.74) is 9.97.